The number of amides is 1. The molecule has 0 spiro atoms. The zero-order chi connectivity index (χ0) is 15.3. The predicted molar refractivity (Wildman–Crippen MR) is 69.1 cm³/mol. The lowest BCUT2D eigenvalue weighted by atomic mass is 9.99. The van der Waals surface area contributed by atoms with E-state index in [4.69, 9.17) is 5.11 Å². The number of hydrogen-bond donors (Lipinski definition) is 2. The Morgan fingerprint density at radius 1 is 1.35 bits per heavy atom. The van der Waals surface area contributed by atoms with Crippen molar-refractivity contribution in [1.29, 1.82) is 0 Å². The Balaban J connectivity index is 2.73. The molecule has 2 atom stereocenters. The maximum absolute atomic E-state index is 13.4. The van der Waals surface area contributed by atoms with E-state index in [9.17, 15) is 18.4 Å². The largest absolute Gasteiger partial charge is 0.480 e. The minimum atomic E-state index is -1.13. The molecule has 0 aliphatic heterocycles. The third-order valence-electron chi connectivity index (χ3n) is 3.16. The van der Waals surface area contributed by atoms with E-state index in [2.05, 4.69) is 5.32 Å². The molecule has 0 radical (unpaired) electrons. The first-order valence-corrected chi connectivity index (χ1v) is 6.31. The van der Waals surface area contributed by atoms with Crippen molar-refractivity contribution in [1.82, 2.24) is 5.32 Å². The van der Waals surface area contributed by atoms with Crippen LogP contribution in [-0.4, -0.2) is 23.0 Å². The summed E-state index contributed by atoms with van der Waals surface area (Å²) in [6.45, 7) is 3.52. The van der Waals surface area contributed by atoms with Crippen molar-refractivity contribution >= 4 is 11.9 Å². The molecule has 0 aliphatic rings. The molecule has 4 nitrogen and oxygen atoms in total. The molecular weight excluding hydrogens is 268 g/mol. The highest BCUT2D eigenvalue weighted by Gasteiger charge is 2.25. The van der Waals surface area contributed by atoms with Crippen LogP contribution in [0.15, 0.2) is 18.2 Å². The lowest BCUT2D eigenvalue weighted by Crippen LogP contribution is -2.45. The summed E-state index contributed by atoms with van der Waals surface area (Å²) in [6.07, 6.45) is 0.258. The molecule has 0 fully saturated rings. The third kappa shape index (κ3) is 4.29. The van der Waals surface area contributed by atoms with Crippen LogP contribution in [0.2, 0.25) is 0 Å². The van der Waals surface area contributed by atoms with Gasteiger partial charge in [-0.15, -0.1) is 0 Å². The minimum absolute atomic E-state index is 0.0252. The molecule has 1 aromatic rings. The fourth-order valence-electron chi connectivity index (χ4n) is 1.75. The monoisotopic (exact) mass is 285 g/mol. The van der Waals surface area contributed by atoms with Crippen LogP contribution >= 0.6 is 0 Å². The van der Waals surface area contributed by atoms with Crippen LogP contribution in [0.25, 0.3) is 0 Å². The van der Waals surface area contributed by atoms with Gasteiger partial charge in [0.1, 0.15) is 17.7 Å². The van der Waals surface area contributed by atoms with Gasteiger partial charge >= 0.3 is 5.97 Å². The molecule has 0 unspecified atom stereocenters. The first kappa shape index (κ1) is 16.1. The lowest BCUT2D eigenvalue weighted by molar-refractivity contribution is -0.143. The molecule has 0 saturated heterocycles. The summed E-state index contributed by atoms with van der Waals surface area (Å²) in [7, 11) is 0. The predicted octanol–water partition coefficient (Wildman–Crippen LogP) is 2.12. The van der Waals surface area contributed by atoms with E-state index in [0.717, 1.165) is 6.07 Å². The third-order valence-corrected chi connectivity index (χ3v) is 3.16. The molecular formula is C14H17F2NO3. The standard InChI is InChI=1S/C14H17F2NO3/c1-3-8(2)13(14(19)20)17-12(18)6-9-4-5-10(15)7-11(9)16/h4-5,7-8,13H,3,6H2,1-2H3,(H,17,18)(H,19,20)/t8-,13-/m0/s1. The van der Waals surface area contributed by atoms with Crippen molar-refractivity contribution in [2.75, 3.05) is 0 Å². The molecule has 0 aliphatic carbocycles. The molecule has 0 aromatic heterocycles. The van der Waals surface area contributed by atoms with Gasteiger partial charge in [-0.1, -0.05) is 26.3 Å². The first-order valence-electron chi connectivity index (χ1n) is 6.31. The molecule has 0 heterocycles. The van der Waals surface area contributed by atoms with Crippen LogP contribution in [0.1, 0.15) is 25.8 Å². The van der Waals surface area contributed by atoms with Gasteiger partial charge in [0.2, 0.25) is 5.91 Å². The van der Waals surface area contributed by atoms with Crippen molar-refractivity contribution in [3.63, 3.8) is 0 Å². The Morgan fingerprint density at radius 2 is 2.00 bits per heavy atom. The van der Waals surface area contributed by atoms with E-state index in [0.29, 0.717) is 12.5 Å². The lowest BCUT2D eigenvalue weighted by Gasteiger charge is -2.20. The average Bonchev–Trinajstić information content (AvgIpc) is 2.38. The van der Waals surface area contributed by atoms with Crippen LogP contribution in [0.4, 0.5) is 8.78 Å². The number of nitrogens with one attached hydrogen (secondary N) is 1. The van der Waals surface area contributed by atoms with E-state index >= 15 is 0 Å². The average molecular weight is 285 g/mol. The van der Waals surface area contributed by atoms with Crippen LogP contribution in [0.3, 0.4) is 0 Å². The SMILES string of the molecule is CC[C@H](C)[C@H](NC(=O)Cc1ccc(F)cc1F)C(=O)O. The second-order valence-electron chi connectivity index (χ2n) is 4.68. The topological polar surface area (TPSA) is 66.4 Å². The number of aliphatic carboxylic acids is 1. The summed E-state index contributed by atoms with van der Waals surface area (Å²) in [4.78, 5) is 22.8. The number of carbonyl (C=O) groups excluding carboxylic acids is 1. The van der Waals surface area contributed by atoms with Crippen molar-refractivity contribution in [3.8, 4) is 0 Å². The van der Waals surface area contributed by atoms with Gasteiger partial charge in [0.25, 0.3) is 0 Å². The van der Waals surface area contributed by atoms with Crippen LogP contribution in [-0.2, 0) is 16.0 Å². The van der Waals surface area contributed by atoms with Crippen LogP contribution < -0.4 is 5.32 Å². The summed E-state index contributed by atoms with van der Waals surface area (Å²) in [5.41, 5.74) is 0.0252. The van der Waals surface area contributed by atoms with Crippen LogP contribution in [0.5, 0.6) is 0 Å². The van der Waals surface area contributed by atoms with Gasteiger partial charge in [0.05, 0.1) is 6.42 Å². The van der Waals surface area contributed by atoms with E-state index in [1.165, 1.54) is 6.07 Å². The summed E-state index contributed by atoms with van der Waals surface area (Å²) in [6, 6.07) is 1.89. The zero-order valence-corrected chi connectivity index (χ0v) is 11.3. The van der Waals surface area contributed by atoms with Crippen molar-refractivity contribution in [2.24, 2.45) is 5.92 Å². The Hall–Kier alpha value is -1.98. The zero-order valence-electron chi connectivity index (χ0n) is 11.3. The number of rotatable bonds is 6. The van der Waals surface area contributed by atoms with Crippen molar-refractivity contribution in [3.05, 3.63) is 35.4 Å². The quantitative estimate of drug-likeness (QED) is 0.841. The summed E-state index contributed by atoms with van der Waals surface area (Å²) < 4.78 is 26.1. The van der Waals surface area contributed by atoms with Gasteiger partial charge in [-0.3, -0.25) is 4.79 Å². The van der Waals surface area contributed by atoms with Crippen molar-refractivity contribution in [2.45, 2.75) is 32.7 Å². The Labute approximate surface area is 115 Å². The van der Waals surface area contributed by atoms with Gasteiger partial charge < -0.3 is 10.4 Å². The first-order chi connectivity index (χ1) is 9.35. The van der Waals surface area contributed by atoms with Crippen molar-refractivity contribution < 1.29 is 23.5 Å². The van der Waals surface area contributed by atoms with Gasteiger partial charge in [-0.2, -0.15) is 0 Å². The van der Waals surface area contributed by atoms with Gasteiger partial charge in [0.15, 0.2) is 0 Å². The molecule has 0 bridgehead atoms. The highest BCUT2D eigenvalue weighted by Crippen LogP contribution is 2.12. The second kappa shape index (κ2) is 6.98. The second-order valence-corrected chi connectivity index (χ2v) is 4.68. The van der Waals surface area contributed by atoms with Gasteiger partial charge in [-0.25, -0.2) is 13.6 Å². The molecule has 1 rings (SSSR count). The van der Waals surface area contributed by atoms with E-state index in [-0.39, 0.29) is 17.9 Å². The van der Waals surface area contributed by atoms with E-state index < -0.39 is 29.6 Å². The summed E-state index contributed by atoms with van der Waals surface area (Å²) in [5, 5.41) is 11.4. The Morgan fingerprint density at radius 3 is 2.50 bits per heavy atom. The van der Waals surface area contributed by atoms with E-state index in [1.54, 1.807) is 6.92 Å². The maximum atomic E-state index is 13.4. The number of carbonyl (C=O) groups is 2. The number of benzene rings is 1. The molecule has 2 N–H and O–H groups in total. The molecule has 20 heavy (non-hydrogen) atoms. The number of hydrogen-bond acceptors (Lipinski definition) is 2. The normalized spacial score (nSPS) is 13.6. The molecule has 1 amide bonds. The number of carboxylic acid groups (broad SMARTS) is 1. The number of carboxylic acids is 1. The Kier molecular flexibility index (Phi) is 5.61. The fraction of sp³-hybridized carbons (Fsp3) is 0.429. The number of halogens is 2. The molecule has 1 aromatic carbocycles. The molecule has 0 saturated carbocycles. The van der Waals surface area contributed by atoms with Gasteiger partial charge in [0, 0.05) is 6.07 Å². The Bertz CT molecular complexity index is 505. The van der Waals surface area contributed by atoms with Crippen LogP contribution in [0, 0.1) is 17.6 Å². The highest BCUT2D eigenvalue weighted by molar-refractivity contribution is 5.85. The summed E-state index contributed by atoms with van der Waals surface area (Å²) in [5.74, 6) is -3.53. The molecule has 110 valence electrons. The van der Waals surface area contributed by atoms with E-state index in [1.807, 2.05) is 6.92 Å². The fourth-order valence-corrected chi connectivity index (χ4v) is 1.75. The maximum Gasteiger partial charge on any atom is 0.326 e. The molecule has 6 heteroatoms. The smallest absolute Gasteiger partial charge is 0.326 e. The highest BCUT2D eigenvalue weighted by atomic mass is 19.1. The minimum Gasteiger partial charge on any atom is -0.480 e. The summed E-state index contributed by atoms with van der Waals surface area (Å²) >= 11 is 0. The van der Waals surface area contributed by atoms with Gasteiger partial charge in [-0.05, 0) is 17.5 Å².